The van der Waals surface area contributed by atoms with Gasteiger partial charge in [0.1, 0.15) is 0 Å². The van der Waals surface area contributed by atoms with Gasteiger partial charge in [0, 0.05) is 18.5 Å². The number of hydrogen-bond donors (Lipinski definition) is 2. The monoisotopic (exact) mass is 329 g/mol. The minimum Gasteiger partial charge on any atom is -0.393 e. The highest BCUT2D eigenvalue weighted by Crippen LogP contribution is 2.07. The number of rotatable bonds is 6. The van der Waals surface area contributed by atoms with Crippen LogP contribution in [0.1, 0.15) is 15.9 Å². The Morgan fingerprint density at radius 3 is 2.09 bits per heavy atom. The molecule has 2 rings (SSSR count). The van der Waals surface area contributed by atoms with Gasteiger partial charge < -0.3 is 9.50 Å². The van der Waals surface area contributed by atoms with E-state index in [-0.39, 0.29) is 6.42 Å². The molecule has 118 valence electrons. The summed E-state index contributed by atoms with van der Waals surface area (Å²) in [4.78, 5) is 36.2. The molecule has 23 heavy (non-hydrogen) atoms. The van der Waals surface area contributed by atoms with E-state index in [1.807, 2.05) is 6.07 Å². The summed E-state index contributed by atoms with van der Waals surface area (Å²) in [6.07, 6.45) is 0.0548. The first-order valence-corrected chi connectivity index (χ1v) is 7.26. The van der Waals surface area contributed by atoms with Crippen molar-refractivity contribution in [3.05, 3.63) is 71.8 Å². The fourth-order valence-corrected chi connectivity index (χ4v) is 2.15. The SMILES string of the molecule is O=C(Cc1ccccc1)NC(C(=O)OS)C(=O)c1ccccc1. The summed E-state index contributed by atoms with van der Waals surface area (Å²) < 4.78 is 4.33. The van der Waals surface area contributed by atoms with Crippen LogP contribution in [0.15, 0.2) is 60.7 Å². The Bertz CT molecular complexity index is 688. The number of amides is 1. The Morgan fingerprint density at radius 1 is 0.957 bits per heavy atom. The van der Waals surface area contributed by atoms with Crippen molar-refractivity contribution in [2.45, 2.75) is 12.5 Å². The van der Waals surface area contributed by atoms with Gasteiger partial charge in [0.2, 0.25) is 5.91 Å². The Balaban J connectivity index is 2.11. The average Bonchev–Trinajstić information content (AvgIpc) is 2.60. The zero-order chi connectivity index (χ0) is 16.7. The fraction of sp³-hybridized carbons (Fsp3) is 0.118. The van der Waals surface area contributed by atoms with Crippen LogP contribution in [-0.4, -0.2) is 23.7 Å². The summed E-state index contributed by atoms with van der Waals surface area (Å²) >= 11 is 3.43. The lowest BCUT2D eigenvalue weighted by atomic mass is 10.0. The van der Waals surface area contributed by atoms with Crippen molar-refractivity contribution in [1.82, 2.24) is 5.32 Å². The number of ketones is 1. The average molecular weight is 329 g/mol. The third-order valence-electron chi connectivity index (χ3n) is 3.16. The summed E-state index contributed by atoms with van der Waals surface area (Å²) in [5.74, 6) is -1.93. The smallest absolute Gasteiger partial charge is 0.348 e. The zero-order valence-corrected chi connectivity index (χ0v) is 13.0. The Labute approximate surface area is 139 Å². The summed E-state index contributed by atoms with van der Waals surface area (Å²) in [7, 11) is 0. The molecule has 1 atom stereocenters. The molecule has 0 saturated carbocycles. The van der Waals surface area contributed by atoms with E-state index in [1.54, 1.807) is 54.6 Å². The fourth-order valence-electron chi connectivity index (χ4n) is 2.05. The Hall–Kier alpha value is -2.60. The molecule has 6 heteroatoms. The first kappa shape index (κ1) is 16.8. The van der Waals surface area contributed by atoms with Gasteiger partial charge in [0.05, 0.1) is 6.42 Å². The van der Waals surface area contributed by atoms with Gasteiger partial charge in [-0.1, -0.05) is 60.7 Å². The maximum Gasteiger partial charge on any atom is 0.348 e. The van der Waals surface area contributed by atoms with Gasteiger partial charge in [-0.2, -0.15) is 0 Å². The van der Waals surface area contributed by atoms with Crippen molar-refractivity contribution >= 4 is 30.6 Å². The van der Waals surface area contributed by atoms with Crippen molar-refractivity contribution in [1.29, 1.82) is 0 Å². The van der Waals surface area contributed by atoms with Crippen LogP contribution in [0, 0.1) is 0 Å². The minimum absolute atomic E-state index is 0.0548. The molecule has 0 aliphatic heterocycles. The number of nitrogens with one attached hydrogen (secondary N) is 1. The van der Waals surface area contributed by atoms with Crippen molar-refractivity contribution in [3.63, 3.8) is 0 Å². The number of benzene rings is 2. The van der Waals surface area contributed by atoms with Crippen molar-refractivity contribution in [2.75, 3.05) is 0 Å². The number of Topliss-reactive ketones (excluding diaryl/α,β-unsaturated/α-hetero) is 1. The van der Waals surface area contributed by atoms with Gasteiger partial charge in [-0.05, 0) is 5.56 Å². The second-order valence-electron chi connectivity index (χ2n) is 4.80. The molecule has 2 aromatic carbocycles. The van der Waals surface area contributed by atoms with E-state index < -0.39 is 23.7 Å². The first-order valence-electron chi connectivity index (χ1n) is 6.89. The quantitative estimate of drug-likeness (QED) is 0.368. The molecule has 0 heterocycles. The van der Waals surface area contributed by atoms with Crippen molar-refractivity contribution in [3.8, 4) is 0 Å². The second kappa shape index (κ2) is 8.14. The normalized spacial score (nSPS) is 11.3. The summed E-state index contributed by atoms with van der Waals surface area (Å²) in [5, 5.41) is 2.40. The standard InChI is InChI=1S/C17H15NO4S/c19-14(11-12-7-3-1-4-8-12)18-15(17(21)22-23)16(20)13-9-5-2-6-10-13/h1-10,15,23H,11H2,(H,18,19). The molecule has 0 spiro atoms. The molecule has 0 radical (unpaired) electrons. The summed E-state index contributed by atoms with van der Waals surface area (Å²) in [6.45, 7) is 0. The van der Waals surface area contributed by atoms with Crippen LogP contribution in [-0.2, 0) is 20.2 Å². The molecule has 1 N–H and O–H groups in total. The van der Waals surface area contributed by atoms with Crippen LogP contribution in [0.25, 0.3) is 0 Å². The molecule has 0 bridgehead atoms. The summed E-state index contributed by atoms with van der Waals surface area (Å²) in [5.41, 5.74) is 1.08. The highest BCUT2D eigenvalue weighted by Gasteiger charge is 2.30. The first-order chi connectivity index (χ1) is 11.1. The van der Waals surface area contributed by atoms with Crippen LogP contribution in [0.4, 0.5) is 0 Å². The lowest BCUT2D eigenvalue weighted by molar-refractivity contribution is -0.136. The van der Waals surface area contributed by atoms with Crippen molar-refractivity contribution in [2.24, 2.45) is 0 Å². The molecule has 1 unspecified atom stereocenters. The highest BCUT2D eigenvalue weighted by atomic mass is 32.1. The number of carbonyl (C=O) groups excluding carboxylic acids is 3. The lowest BCUT2D eigenvalue weighted by Gasteiger charge is -2.15. The van der Waals surface area contributed by atoms with Crippen LogP contribution in [0.2, 0.25) is 0 Å². The molecule has 0 aromatic heterocycles. The predicted octanol–water partition coefficient (Wildman–Crippen LogP) is 1.98. The maximum atomic E-state index is 12.4. The lowest BCUT2D eigenvalue weighted by Crippen LogP contribution is -2.47. The van der Waals surface area contributed by atoms with Gasteiger partial charge >= 0.3 is 5.97 Å². The van der Waals surface area contributed by atoms with E-state index in [1.165, 1.54) is 0 Å². The molecule has 5 nitrogen and oxygen atoms in total. The molecule has 1 amide bonds. The molecule has 0 aliphatic rings. The third kappa shape index (κ3) is 4.69. The minimum atomic E-state index is -1.42. The van der Waals surface area contributed by atoms with E-state index in [0.717, 1.165) is 5.56 Å². The highest BCUT2D eigenvalue weighted by molar-refractivity contribution is 7.75. The number of carbonyl (C=O) groups is 3. The molecule has 2 aromatic rings. The molecule has 0 fully saturated rings. The Kier molecular flexibility index (Phi) is 5.94. The second-order valence-corrected chi connectivity index (χ2v) is 4.99. The van der Waals surface area contributed by atoms with E-state index >= 15 is 0 Å². The zero-order valence-electron chi connectivity index (χ0n) is 12.1. The van der Waals surface area contributed by atoms with Gasteiger partial charge in [-0.25, -0.2) is 4.79 Å². The number of thiol groups is 1. The molecular weight excluding hydrogens is 314 g/mol. The van der Waals surface area contributed by atoms with Crippen molar-refractivity contribution < 1.29 is 18.6 Å². The van der Waals surface area contributed by atoms with Gasteiger partial charge in [-0.15, -0.1) is 0 Å². The van der Waals surface area contributed by atoms with E-state index in [4.69, 9.17) is 0 Å². The van der Waals surface area contributed by atoms with Gasteiger partial charge in [-0.3, -0.25) is 9.59 Å². The largest absolute Gasteiger partial charge is 0.393 e. The van der Waals surface area contributed by atoms with E-state index in [0.29, 0.717) is 5.56 Å². The predicted molar refractivity (Wildman–Crippen MR) is 87.9 cm³/mol. The summed E-state index contributed by atoms with van der Waals surface area (Å²) in [6, 6.07) is 15.8. The number of hydrogen-bond acceptors (Lipinski definition) is 5. The van der Waals surface area contributed by atoms with Crippen LogP contribution in [0.5, 0.6) is 0 Å². The maximum absolute atomic E-state index is 12.4. The third-order valence-corrected chi connectivity index (χ3v) is 3.34. The Morgan fingerprint density at radius 2 is 1.52 bits per heavy atom. The topological polar surface area (TPSA) is 72.5 Å². The molecule has 0 aliphatic carbocycles. The van der Waals surface area contributed by atoms with Crippen LogP contribution < -0.4 is 5.32 Å². The van der Waals surface area contributed by atoms with Crippen LogP contribution >= 0.6 is 12.9 Å². The van der Waals surface area contributed by atoms with Crippen LogP contribution in [0.3, 0.4) is 0 Å². The van der Waals surface area contributed by atoms with E-state index in [9.17, 15) is 14.4 Å². The van der Waals surface area contributed by atoms with Gasteiger partial charge in [0.25, 0.3) is 0 Å². The molecular formula is C17H15NO4S. The van der Waals surface area contributed by atoms with Gasteiger partial charge in [0.15, 0.2) is 11.8 Å². The molecule has 0 saturated heterocycles. The van der Waals surface area contributed by atoms with E-state index in [2.05, 4.69) is 22.4 Å².